The van der Waals surface area contributed by atoms with Crippen LogP contribution in [-0.4, -0.2) is 28.0 Å². The number of aromatic nitrogens is 3. The molecule has 1 aliphatic heterocycles. The maximum Gasteiger partial charge on any atom is 0.231 e. The summed E-state index contributed by atoms with van der Waals surface area (Å²) in [6.07, 6.45) is 2.34. The van der Waals surface area contributed by atoms with E-state index >= 15 is 0 Å². The normalized spacial score (nSPS) is 14.8. The zero-order valence-electron chi connectivity index (χ0n) is 10.8. The number of nitrogens with two attached hydrogens (primary N) is 1. The molecule has 0 spiro atoms. The molecule has 5 nitrogen and oxygen atoms in total. The first-order valence-electron chi connectivity index (χ1n) is 6.40. The van der Waals surface area contributed by atoms with Crippen molar-refractivity contribution in [2.75, 3.05) is 23.7 Å². The minimum Gasteiger partial charge on any atom is -0.368 e. The van der Waals surface area contributed by atoms with E-state index in [0.29, 0.717) is 16.1 Å². The van der Waals surface area contributed by atoms with Crippen LogP contribution in [0.5, 0.6) is 0 Å². The lowest BCUT2D eigenvalue weighted by Crippen LogP contribution is -2.21. The summed E-state index contributed by atoms with van der Waals surface area (Å²) in [5.74, 6) is 0.922. The Balaban J connectivity index is 1.85. The van der Waals surface area contributed by atoms with Crippen molar-refractivity contribution in [1.82, 2.24) is 15.0 Å². The van der Waals surface area contributed by atoms with Crippen LogP contribution >= 0.6 is 23.4 Å². The SMILES string of the molecule is Nc1nc(Sc2cccc(Cl)c2)nc(N2CCCC2)n1. The molecule has 2 aromatic rings. The van der Waals surface area contributed by atoms with E-state index in [9.17, 15) is 0 Å². The second-order valence-electron chi connectivity index (χ2n) is 4.53. The van der Waals surface area contributed by atoms with Gasteiger partial charge in [0.15, 0.2) is 5.16 Å². The molecule has 104 valence electrons. The van der Waals surface area contributed by atoms with Crippen LogP contribution < -0.4 is 10.6 Å². The molecule has 20 heavy (non-hydrogen) atoms. The molecule has 1 fully saturated rings. The van der Waals surface area contributed by atoms with Crippen LogP contribution in [0.15, 0.2) is 34.3 Å². The maximum atomic E-state index is 5.98. The third kappa shape index (κ3) is 3.13. The van der Waals surface area contributed by atoms with Gasteiger partial charge in [0, 0.05) is 23.0 Å². The van der Waals surface area contributed by atoms with Crippen LogP contribution in [0.3, 0.4) is 0 Å². The van der Waals surface area contributed by atoms with Crippen molar-refractivity contribution in [1.29, 1.82) is 0 Å². The van der Waals surface area contributed by atoms with Crippen LogP contribution in [0, 0.1) is 0 Å². The summed E-state index contributed by atoms with van der Waals surface area (Å²) in [5, 5.41) is 1.29. The Morgan fingerprint density at radius 1 is 1.15 bits per heavy atom. The lowest BCUT2D eigenvalue weighted by molar-refractivity contribution is 0.834. The molecular weight excluding hydrogens is 294 g/mol. The van der Waals surface area contributed by atoms with Gasteiger partial charge in [-0.2, -0.15) is 15.0 Å². The van der Waals surface area contributed by atoms with E-state index in [2.05, 4.69) is 19.9 Å². The minimum absolute atomic E-state index is 0.256. The van der Waals surface area contributed by atoms with Crippen molar-refractivity contribution >= 4 is 35.3 Å². The first-order chi connectivity index (χ1) is 9.70. The summed E-state index contributed by atoms with van der Waals surface area (Å²) in [6, 6.07) is 7.58. The molecular formula is C13H14ClN5S. The van der Waals surface area contributed by atoms with Gasteiger partial charge in [-0.15, -0.1) is 0 Å². The Hall–Kier alpha value is -1.53. The number of hydrogen-bond donors (Lipinski definition) is 1. The number of halogens is 1. The third-order valence-electron chi connectivity index (χ3n) is 3.01. The van der Waals surface area contributed by atoms with E-state index in [4.69, 9.17) is 17.3 Å². The Morgan fingerprint density at radius 2 is 1.95 bits per heavy atom. The van der Waals surface area contributed by atoms with Crippen LogP contribution in [0.1, 0.15) is 12.8 Å². The van der Waals surface area contributed by atoms with E-state index in [1.807, 2.05) is 24.3 Å². The Morgan fingerprint density at radius 3 is 2.70 bits per heavy atom. The molecule has 0 radical (unpaired) electrons. The van der Waals surface area contributed by atoms with Gasteiger partial charge in [-0.3, -0.25) is 0 Å². The molecule has 0 atom stereocenters. The second-order valence-corrected chi connectivity index (χ2v) is 6.01. The average Bonchev–Trinajstić information content (AvgIpc) is 2.91. The second kappa shape index (κ2) is 5.85. The molecule has 3 rings (SSSR count). The highest BCUT2D eigenvalue weighted by Gasteiger charge is 2.17. The Bertz CT molecular complexity index is 615. The monoisotopic (exact) mass is 307 g/mol. The first-order valence-corrected chi connectivity index (χ1v) is 7.60. The van der Waals surface area contributed by atoms with Gasteiger partial charge in [0.05, 0.1) is 0 Å². The molecule has 1 aromatic heterocycles. The van der Waals surface area contributed by atoms with Crippen molar-refractivity contribution in [3.63, 3.8) is 0 Å². The molecule has 1 saturated heterocycles. The summed E-state index contributed by atoms with van der Waals surface area (Å²) in [7, 11) is 0. The number of benzene rings is 1. The van der Waals surface area contributed by atoms with Crippen LogP contribution in [-0.2, 0) is 0 Å². The summed E-state index contributed by atoms with van der Waals surface area (Å²) in [4.78, 5) is 16.0. The van der Waals surface area contributed by atoms with Crippen molar-refractivity contribution in [2.24, 2.45) is 0 Å². The largest absolute Gasteiger partial charge is 0.368 e. The highest BCUT2D eigenvalue weighted by molar-refractivity contribution is 7.99. The topological polar surface area (TPSA) is 67.9 Å². The van der Waals surface area contributed by atoms with Gasteiger partial charge in [0.1, 0.15) is 0 Å². The van der Waals surface area contributed by atoms with Gasteiger partial charge >= 0.3 is 0 Å². The fourth-order valence-electron chi connectivity index (χ4n) is 2.10. The minimum atomic E-state index is 0.256. The predicted octanol–water partition coefficient (Wildman–Crippen LogP) is 2.86. The molecule has 0 bridgehead atoms. The van der Waals surface area contributed by atoms with Gasteiger partial charge in [-0.1, -0.05) is 17.7 Å². The smallest absolute Gasteiger partial charge is 0.231 e. The number of anilines is 2. The van der Waals surface area contributed by atoms with E-state index in [-0.39, 0.29) is 5.95 Å². The fraction of sp³-hybridized carbons (Fsp3) is 0.308. The lowest BCUT2D eigenvalue weighted by atomic mass is 10.4. The highest BCUT2D eigenvalue weighted by Crippen LogP contribution is 2.28. The predicted molar refractivity (Wildman–Crippen MR) is 81.3 cm³/mol. The van der Waals surface area contributed by atoms with E-state index in [0.717, 1.165) is 18.0 Å². The molecule has 1 aromatic carbocycles. The van der Waals surface area contributed by atoms with Crippen LogP contribution in [0.2, 0.25) is 5.02 Å². The van der Waals surface area contributed by atoms with Gasteiger partial charge in [0.25, 0.3) is 0 Å². The number of rotatable bonds is 3. The summed E-state index contributed by atoms with van der Waals surface area (Å²) >= 11 is 7.41. The Labute approximate surface area is 126 Å². The molecule has 1 aliphatic rings. The summed E-state index contributed by atoms with van der Waals surface area (Å²) in [5.41, 5.74) is 5.78. The fourth-order valence-corrected chi connectivity index (χ4v) is 3.17. The maximum absolute atomic E-state index is 5.98. The third-order valence-corrected chi connectivity index (χ3v) is 4.10. The van der Waals surface area contributed by atoms with E-state index < -0.39 is 0 Å². The van der Waals surface area contributed by atoms with Crippen LogP contribution in [0.25, 0.3) is 0 Å². The van der Waals surface area contributed by atoms with Crippen molar-refractivity contribution in [2.45, 2.75) is 22.9 Å². The quantitative estimate of drug-likeness (QED) is 0.940. The highest BCUT2D eigenvalue weighted by atomic mass is 35.5. The van der Waals surface area contributed by atoms with Gasteiger partial charge < -0.3 is 10.6 Å². The zero-order valence-corrected chi connectivity index (χ0v) is 12.4. The Kier molecular flexibility index (Phi) is 3.93. The molecule has 0 unspecified atom stereocenters. The molecule has 7 heteroatoms. The van der Waals surface area contributed by atoms with Crippen molar-refractivity contribution in [3.05, 3.63) is 29.3 Å². The standard InChI is InChI=1S/C13H14ClN5S/c14-9-4-3-5-10(8-9)20-13-17-11(15)16-12(18-13)19-6-1-2-7-19/h3-5,8H,1-2,6-7H2,(H2,15,16,17,18). The van der Waals surface area contributed by atoms with Gasteiger partial charge in [-0.05, 0) is 42.8 Å². The summed E-state index contributed by atoms with van der Waals surface area (Å²) in [6.45, 7) is 1.95. The first kappa shape index (κ1) is 13.5. The number of hydrogen-bond acceptors (Lipinski definition) is 6. The molecule has 0 aliphatic carbocycles. The van der Waals surface area contributed by atoms with Crippen LogP contribution in [0.4, 0.5) is 11.9 Å². The molecule has 2 N–H and O–H groups in total. The number of nitrogens with zero attached hydrogens (tertiary/aromatic N) is 4. The van der Waals surface area contributed by atoms with Gasteiger partial charge in [0.2, 0.25) is 11.9 Å². The van der Waals surface area contributed by atoms with Gasteiger partial charge in [-0.25, -0.2) is 0 Å². The van der Waals surface area contributed by atoms with Crippen molar-refractivity contribution < 1.29 is 0 Å². The summed E-state index contributed by atoms with van der Waals surface area (Å²) < 4.78 is 0. The molecule has 0 saturated carbocycles. The number of nitrogen functional groups attached to an aromatic ring is 1. The zero-order chi connectivity index (χ0) is 13.9. The average molecular weight is 308 g/mol. The molecule has 2 heterocycles. The van der Waals surface area contributed by atoms with E-state index in [1.54, 1.807) is 0 Å². The lowest BCUT2D eigenvalue weighted by Gasteiger charge is -2.15. The van der Waals surface area contributed by atoms with Crippen molar-refractivity contribution in [3.8, 4) is 0 Å². The molecule has 0 amide bonds. The van der Waals surface area contributed by atoms with E-state index in [1.165, 1.54) is 24.6 Å².